The lowest BCUT2D eigenvalue weighted by atomic mass is 10.0. The van der Waals surface area contributed by atoms with E-state index in [-0.39, 0.29) is 17.7 Å². The summed E-state index contributed by atoms with van der Waals surface area (Å²) in [6.45, 7) is 0.624. The molecule has 0 aliphatic rings. The Bertz CT molecular complexity index is 572. The molecule has 1 atom stereocenters. The summed E-state index contributed by atoms with van der Waals surface area (Å²) < 4.78 is 26.7. The first-order valence-electron chi connectivity index (χ1n) is 6.54. The molecule has 2 nitrogen and oxygen atoms in total. The number of nitrogens with zero attached hydrogens (tertiary/aromatic N) is 1. The summed E-state index contributed by atoms with van der Waals surface area (Å²) in [5, 5.41) is 0. The molecule has 2 rings (SSSR count). The van der Waals surface area contributed by atoms with Crippen molar-refractivity contribution in [3.63, 3.8) is 0 Å². The minimum atomic E-state index is -0.368. The van der Waals surface area contributed by atoms with E-state index in [1.165, 1.54) is 18.2 Å². The number of hydrogen-bond acceptors (Lipinski definition) is 2. The van der Waals surface area contributed by atoms with E-state index in [1.807, 2.05) is 18.0 Å². The molecule has 0 aliphatic carbocycles. The molecular weight excluding hydrogens is 258 g/mol. The second kappa shape index (κ2) is 6.48. The minimum absolute atomic E-state index is 0.271. The number of anilines is 1. The van der Waals surface area contributed by atoms with Crippen LogP contribution in [0.25, 0.3) is 0 Å². The summed E-state index contributed by atoms with van der Waals surface area (Å²) in [4.78, 5) is 1.91. The average Bonchev–Trinajstić information content (AvgIpc) is 2.45. The Balaban J connectivity index is 1.97. The van der Waals surface area contributed by atoms with Crippen LogP contribution in [0.2, 0.25) is 0 Å². The van der Waals surface area contributed by atoms with E-state index < -0.39 is 0 Å². The largest absolute Gasteiger partial charge is 0.374 e. The van der Waals surface area contributed by atoms with E-state index in [4.69, 9.17) is 5.73 Å². The van der Waals surface area contributed by atoms with Crippen LogP contribution in [0.15, 0.2) is 48.5 Å². The summed E-state index contributed by atoms with van der Waals surface area (Å²) >= 11 is 0. The van der Waals surface area contributed by atoms with Crippen LogP contribution in [-0.4, -0.2) is 13.6 Å². The summed E-state index contributed by atoms with van der Waals surface area (Å²) in [5.74, 6) is -0.554. The number of nitrogens with two attached hydrogens (primary N) is 1. The van der Waals surface area contributed by atoms with Crippen LogP contribution in [0.1, 0.15) is 18.0 Å². The van der Waals surface area contributed by atoms with E-state index in [9.17, 15) is 8.78 Å². The highest BCUT2D eigenvalue weighted by molar-refractivity contribution is 5.45. The van der Waals surface area contributed by atoms with E-state index in [0.717, 1.165) is 5.69 Å². The third-order valence-corrected chi connectivity index (χ3v) is 3.33. The minimum Gasteiger partial charge on any atom is -0.374 e. The molecule has 106 valence electrons. The standard InChI is InChI=1S/C16H18F2N2/c1-20(13-6-4-5-12(17)11-13)10-9-16(19)14-7-2-3-8-15(14)18/h2-8,11,16H,9-10,19H2,1H3. The van der Waals surface area contributed by atoms with Gasteiger partial charge in [0.25, 0.3) is 0 Å². The predicted molar refractivity (Wildman–Crippen MR) is 77.6 cm³/mol. The van der Waals surface area contributed by atoms with Gasteiger partial charge in [-0.3, -0.25) is 0 Å². The van der Waals surface area contributed by atoms with E-state index in [0.29, 0.717) is 18.5 Å². The third-order valence-electron chi connectivity index (χ3n) is 3.33. The second-order valence-corrected chi connectivity index (χ2v) is 4.82. The Morgan fingerprint density at radius 1 is 1.10 bits per heavy atom. The zero-order chi connectivity index (χ0) is 14.5. The van der Waals surface area contributed by atoms with Crippen LogP contribution in [0, 0.1) is 11.6 Å². The van der Waals surface area contributed by atoms with Crippen LogP contribution in [0.3, 0.4) is 0 Å². The van der Waals surface area contributed by atoms with Crippen molar-refractivity contribution in [1.29, 1.82) is 0 Å². The average molecular weight is 276 g/mol. The zero-order valence-electron chi connectivity index (χ0n) is 11.4. The first-order valence-corrected chi connectivity index (χ1v) is 6.54. The number of hydrogen-bond donors (Lipinski definition) is 1. The molecule has 2 aromatic rings. The highest BCUT2D eigenvalue weighted by atomic mass is 19.1. The van der Waals surface area contributed by atoms with Gasteiger partial charge in [0, 0.05) is 30.9 Å². The molecule has 2 N–H and O–H groups in total. The van der Waals surface area contributed by atoms with Crippen molar-refractivity contribution < 1.29 is 8.78 Å². The van der Waals surface area contributed by atoms with Gasteiger partial charge in [-0.1, -0.05) is 24.3 Å². The lowest BCUT2D eigenvalue weighted by Crippen LogP contribution is -2.23. The summed E-state index contributed by atoms with van der Waals surface area (Å²) in [5.41, 5.74) is 7.31. The van der Waals surface area contributed by atoms with Crippen molar-refractivity contribution in [2.24, 2.45) is 5.73 Å². The lowest BCUT2D eigenvalue weighted by molar-refractivity contribution is 0.563. The summed E-state index contributed by atoms with van der Waals surface area (Å²) in [6.07, 6.45) is 0.591. The van der Waals surface area contributed by atoms with Gasteiger partial charge >= 0.3 is 0 Å². The molecule has 0 radical (unpaired) electrons. The van der Waals surface area contributed by atoms with Crippen molar-refractivity contribution in [2.45, 2.75) is 12.5 Å². The number of rotatable bonds is 5. The van der Waals surface area contributed by atoms with Gasteiger partial charge in [-0.2, -0.15) is 0 Å². The van der Waals surface area contributed by atoms with E-state index in [2.05, 4.69) is 0 Å². The van der Waals surface area contributed by atoms with Crippen molar-refractivity contribution >= 4 is 5.69 Å². The molecule has 0 heterocycles. The SMILES string of the molecule is CN(CCC(N)c1ccccc1F)c1cccc(F)c1. The van der Waals surface area contributed by atoms with Crippen LogP contribution in [0.4, 0.5) is 14.5 Å². The van der Waals surface area contributed by atoms with E-state index in [1.54, 1.807) is 24.3 Å². The molecule has 0 saturated carbocycles. The Kier molecular flexibility index (Phi) is 4.69. The molecule has 0 spiro atoms. The Hall–Kier alpha value is -1.94. The maximum atomic E-state index is 13.6. The predicted octanol–water partition coefficient (Wildman–Crippen LogP) is 3.49. The van der Waals surface area contributed by atoms with Gasteiger partial charge in [0.05, 0.1) is 0 Å². The number of benzene rings is 2. The molecule has 0 aliphatic heterocycles. The lowest BCUT2D eigenvalue weighted by Gasteiger charge is -2.22. The van der Waals surface area contributed by atoms with Gasteiger partial charge in [-0.25, -0.2) is 8.78 Å². The molecule has 1 unspecified atom stereocenters. The highest BCUT2D eigenvalue weighted by Crippen LogP contribution is 2.20. The van der Waals surface area contributed by atoms with Gasteiger partial charge in [0.1, 0.15) is 11.6 Å². The molecule has 0 saturated heterocycles. The normalized spacial score (nSPS) is 12.2. The Labute approximate surface area is 117 Å². The van der Waals surface area contributed by atoms with Crippen molar-refractivity contribution in [2.75, 3.05) is 18.5 Å². The van der Waals surface area contributed by atoms with Gasteiger partial charge in [-0.15, -0.1) is 0 Å². The maximum absolute atomic E-state index is 13.6. The van der Waals surface area contributed by atoms with Crippen molar-refractivity contribution in [1.82, 2.24) is 0 Å². The fourth-order valence-corrected chi connectivity index (χ4v) is 2.11. The smallest absolute Gasteiger partial charge is 0.127 e. The summed E-state index contributed by atoms with van der Waals surface area (Å²) in [6, 6.07) is 12.5. The molecule has 4 heteroatoms. The van der Waals surface area contributed by atoms with Crippen LogP contribution in [-0.2, 0) is 0 Å². The quantitative estimate of drug-likeness (QED) is 0.905. The van der Waals surface area contributed by atoms with Gasteiger partial charge in [0.15, 0.2) is 0 Å². The molecule has 0 amide bonds. The Morgan fingerprint density at radius 2 is 1.85 bits per heavy atom. The zero-order valence-corrected chi connectivity index (χ0v) is 11.4. The van der Waals surface area contributed by atoms with Crippen LogP contribution in [0.5, 0.6) is 0 Å². The Morgan fingerprint density at radius 3 is 2.55 bits per heavy atom. The van der Waals surface area contributed by atoms with Gasteiger partial charge in [0.2, 0.25) is 0 Å². The van der Waals surface area contributed by atoms with Crippen molar-refractivity contribution in [3.05, 3.63) is 65.7 Å². The third kappa shape index (κ3) is 3.54. The second-order valence-electron chi connectivity index (χ2n) is 4.82. The van der Waals surface area contributed by atoms with Gasteiger partial charge in [-0.05, 0) is 30.7 Å². The van der Waals surface area contributed by atoms with Gasteiger partial charge < -0.3 is 10.6 Å². The molecule has 2 aromatic carbocycles. The summed E-state index contributed by atoms with van der Waals surface area (Å²) in [7, 11) is 1.86. The molecule has 0 fully saturated rings. The monoisotopic (exact) mass is 276 g/mol. The highest BCUT2D eigenvalue weighted by Gasteiger charge is 2.12. The molecule has 0 bridgehead atoms. The fraction of sp³-hybridized carbons (Fsp3) is 0.250. The van der Waals surface area contributed by atoms with Crippen molar-refractivity contribution in [3.8, 4) is 0 Å². The molecule has 20 heavy (non-hydrogen) atoms. The first-order chi connectivity index (χ1) is 9.58. The maximum Gasteiger partial charge on any atom is 0.127 e. The fourth-order valence-electron chi connectivity index (χ4n) is 2.11. The molecule has 0 aromatic heterocycles. The molecular formula is C16H18F2N2. The first kappa shape index (κ1) is 14.5. The van der Waals surface area contributed by atoms with E-state index >= 15 is 0 Å². The van der Waals surface area contributed by atoms with Crippen LogP contribution >= 0.6 is 0 Å². The number of halogens is 2. The van der Waals surface area contributed by atoms with Crippen LogP contribution < -0.4 is 10.6 Å². The topological polar surface area (TPSA) is 29.3 Å².